The predicted molar refractivity (Wildman–Crippen MR) is 84.5 cm³/mol. The molecule has 2 fully saturated rings. The van der Waals surface area contributed by atoms with Crippen molar-refractivity contribution < 1.29 is 9.53 Å². The first-order valence-corrected chi connectivity index (χ1v) is 7.96. The maximum atomic E-state index is 11.8. The van der Waals surface area contributed by atoms with Gasteiger partial charge in [-0.15, -0.1) is 0 Å². The van der Waals surface area contributed by atoms with Crippen LogP contribution in [0.3, 0.4) is 0 Å². The van der Waals surface area contributed by atoms with Gasteiger partial charge in [-0.25, -0.2) is 4.79 Å². The smallest absolute Gasteiger partial charge is 0.340 e. The van der Waals surface area contributed by atoms with Crippen LogP contribution in [0.15, 0.2) is 18.2 Å². The highest BCUT2D eigenvalue weighted by Gasteiger charge is 2.34. The highest BCUT2D eigenvalue weighted by Crippen LogP contribution is 2.40. The summed E-state index contributed by atoms with van der Waals surface area (Å²) < 4.78 is 4.83. The number of hydrogen-bond donors (Lipinski definition) is 1. The lowest BCUT2D eigenvalue weighted by Gasteiger charge is -2.46. The fourth-order valence-electron chi connectivity index (χ4n) is 4.02. The SMILES string of the molecule is COC(=O)c1cccc(N2CCC[C@H]3CCCC[C@H]32)c1N. The van der Waals surface area contributed by atoms with Crippen molar-refractivity contribution >= 4 is 17.3 Å². The summed E-state index contributed by atoms with van der Waals surface area (Å²) in [7, 11) is 1.40. The molecule has 1 heterocycles. The van der Waals surface area contributed by atoms with Gasteiger partial charge in [0.25, 0.3) is 0 Å². The number of para-hydroxylation sites is 1. The third kappa shape index (κ3) is 2.59. The number of nitrogen functional groups attached to an aromatic ring is 1. The molecule has 0 radical (unpaired) electrons. The monoisotopic (exact) mass is 288 g/mol. The highest BCUT2D eigenvalue weighted by molar-refractivity contribution is 5.98. The molecule has 4 heteroatoms. The van der Waals surface area contributed by atoms with E-state index in [1.54, 1.807) is 6.07 Å². The Morgan fingerprint density at radius 1 is 1.24 bits per heavy atom. The van der Waals surface area contributed by atoms with Crippen molar-refractivity contribution in [1.82, 2.24) is 0 Å². The van der Waals surface area contributed by atoms with Crippen LogP contribution in [-0.2, 0) is 4.74 Å². The molecule has 3 rings (SSSR count). The number of carbonyl (C=O) groups is 1. The molecular weight excluding hydrogens is 264 g/mol. The van der Waals surface area contributed by atoms with E-state index in [1.165, 1.54) is 45.6 Å². The maximum absolute atomic E-state index is 11.8. The number of carbonyl (C=O) groups excluding carboxylic acids is 1. The van der Waals surface area contributed by atoms with Gasteiger partial charge in [0.1, 0.15) is 0 Å². The molecule has 0 spiro atoms. The van der Waals surface area contributed by atoms with Crippen molar-refractivity contribution in [1.29, 1.82) is 0 Å². The average molecular weight is 288 g/mol. The number of benzene rings is 1. The van der Waals surface area contributed by atoms with Crippen LogP contribution in [0.4, 0.5) is 11.4 Å². The van der Waals surface area contributed by atoms with Crippen LogP contribution in [0, 0.1) is 5.92 Å². The van der Waals surface area contributed by atoms with Crippen LogP contribution in [0.2, 0.25) is 0 Å². The van der Waals surface area contributed by atoms with Gasteiger partial charge in [0.05, 0.1) is 24.0 Å². The molecule has 2 aliphatic rings. The Morgan fingerprint density at radius 3 is 2.81 bits per heavy atom. The van der Waals surface area contributed by atoms with Crippen molar-refractivity contribution in [3.8, 4) is 0 Å². The Morgan fingerprint density at radius 2 is 2.00 bits per heavy atom. The number of hydrogen-bond acceptors (Lipinski definition) is 4. The topological polar surface area (TPSA) is 55.6 Å². The zero-order chi connectivity index (χ0) is 14.8. The Kier molecular flexibility index (Phi) is 4.04. The van der Waals surface area contributed by atoms with Crippen molar-refractivity contribution in [2.75, 3.05) is 24.3 Å². The number of nitrogens with two attached hydrogens (primary N) is 1. The minimum atomic E-state index is -0.355. The molecule has 0 amide bonds. The molecule has 2 atom stereocenters. The van der Waals surface area contributed by atoms with E-state index in [2.05, 4.69) is 4.90 Å². The zero-order valence-corrected chi connectivity index (χ0v) is 12.7. The minimum Gasteiger partial charge on any atom is -0.465 e. The number of rotatable bonds is 2. The van der Waals surface area contributed by atoms with Crippen molar-refractivity contribution in [3.05, 3.63) is 23.8 Å². The lowest BCUT2D eigenvalue weighted by Crippen LogP contribution is -2.47. The number of anilines is 2. The van der Waals surface area contributed by atoms with E-state index in [4.69, 9.17) is 10.5 Å². The fourth-order valence-corrected chi connectivity index (χ4v) is 4.02. The summed E-state index contributed by atoms with van der Waals surface area (Å²) >= 11 is 0. The molecule has 0 unspecified atom stereocenters. The summed E-state index contributed by atoms with van der Waals surface area (Å²) in [6.07, 6.45) is 7.77. The van der Waals surface area contributed by atoms with E-state index < -0.39 is 0 Å². The zero-order valence-electron chi connectivity index (χ0n) is 12.7. The molecular formula is C17H24N2O2. The number of fused-ring (bicyclic) bond motifs is 1. The molecule has 1 aliphatic heterocycles. The summed E-state index contributed by atoms with van der Waals surface area (Å²) in [6.45, 7) is 1.04. The van der Waals surface area contributed by atoms with E-state index in [0.29, 0.717) is 17.3 Å². The van der Waals surface area contributed by atoms with Gasteiger partial charge in [-0.2, -0.15) is 0 Å². The van der Waals surface area contributed by atoms with Gasteiger partial charge in [-0.05, 0) is 43.7 Å². The van der Waals surface area contributed by atoms with Gasteiger partial charge in [0, 0.05) is 12.6 Å². The van der Waals surface area contributed by atoms with Gasteiger partial charge in [-0.3, -0.25) is 0 Å². The van der Waals surface area contributed by atoms with Crippen molar-refractivity contribution in [3.63, 3.8) is 0 Å². The van der Waals surface area contributed by atoms with E-state index in [-0.39, 0.29) is 5.97 Å². The highest BCUT2D eigenvalue weighted by atomic mass is 16.5. The number of nitrogens with zero attached hydrogens (tertiary/aromatic N) is 1. The first-order chi connectivity index (χ1) is 10.2. The summed E-state index contributed by atoms with van der Waals surface area (Å²) in [4.78, 5) is 14.3. The summed E-state index contributed by atoms with van der Waals surface area (Å²) in [5.74, 6) is 0.431. The van der Waals surface area contributed by atoms with Crippen molar-refractivity contribution in [2.24, 2.45) is 5.92 Å². The quantitative estimate of drug-likeness (QED) is 0.670. The third-order valence-corrected chi connectivity index (χ3v) is 5.04. The Balaban J connectivity index is 1.93. The molecule has 1 aromatic rings. The molecule has 1 saturated heterocycles. The van der Waals surface area contributed by atoms with Gasteiger partial charge >= 0.3 is 5.97 Å². The molecule has 2 N–H and O–H groups in total. The van der Waals surface area contributed by atoms with Crippen LogP contribution in [-0.4, -0.2) is 25.7 Å². The Hall–Kier alpha value is -1.71. The van der Waals surface area contributed by atoms with Crippen LogP contribution < -0.4 is 10.6 Å². The minimum absolute atomic E-state index is 0.355. The fraction of sp³-hybridized carbons (Fsp3) is 0.588. The van der Waals surface area contributed by atoms with Crippen LogP contribution >= 0.6 is 0 Å². The molecule has 4 nitrogen and oxygen atoms in total. The number of piperidine rings is 1. The number of methoxy groups -OCH3 is 1. The second-order valence-corrected chi connectivity index (χ2v) is 6.18. The van der Waals surface area contributed by atoms with Gasteiger partial charge in [0.15, 0.2) is 0 Å². The van der Waals surface area contributed by atoms with E-state index in [9.17, 15) is 4.79 Å². The summed E-state index contributed by atoms with van der Waals surface area (Å²) in [5.41, 5.74) is 8.32. The van der Waals surface area contributed by atoms with Gasteiger partial charge in [-0.1, -0.05) is 18.9 Å². The molecule has 0 aromatic heterocycles. The molecule has 1 aromatic carbocycles. The predicted octanol–water partition coefficient (Wildman–Crippen LogP) is 3.21. The first-order valence-electron chi connectivity index (χ1n) is 7.96. The molecule has 1 saturated carbocycles. The second-order valence-electron chi connectivity index (χ2n) is 6.18. The number of ether oxygens (including phenoxy) is 1. The maximum Gasteiger partial charge on any atom is 0.340 e. The third-order valence-electron chi connectivity index (χ3n) is 5.04. The Labute approximate surface area is 126 Å². The Bertz CT molecular complexity index is 528. The molecule has 0 bridgehead atoms. The van der Waals surface area contributed by atoms with Gasteiger partial charge < -0.3 is 15.4 Å². The first kappa shape index (κ1) is 14.2. The van der Waals surface area contributed by atoms with E-state index in [0.717, 1.165) is 18.2 Å². The lowest BCUT2D eigenvalue weighted by atomic mass is 9.78. The second kappa shape index (κ2) is 5.96. The van der Waals surface area contributed by atoms with Crippen molar-refractivity contribution in [2.45, 2.75) is 44.6 Å². The van der Waals surface area contributed by atoms with Gasteiger partial charge in [0.2, 0.25) is 0 Å². The molecule has 114 valence electrons. The van der Waals surface area contributed by atoms with Crippen LogP contribution in [0.5, 0.6) is 0 Å². The summed E-state index contributed by atoms with van der Waals surface area (Å²) in [5, 5.41) is 0. The normalized spacial score (nSPS) is 25.3. The summed E-state index contributed by atoms with van der Waals surface area (Å²) in [6, 6.07) is 6.28. The largest absolute Gasteiger partial charge is 0.465 e. The standard InChI is InChI=1S/C17H24N2O2/c1-21-17(20)13-8-4-10-15(16(13)18)19-11-5-7-12-6-2-3-9-14(12)19/h4,8,10,12,14H,2-3,5-7,9,11,18H2,1H3/t12-,14-/m1/s1. The van der Waals surface area contributed by atoms with E-state index in [1.807, 2.05) is 12.1 Å². The molecule has 1 aliphatic carbocycles. The molecule has 21 heavy (non-hydrogen) atoms. The van der Waals surface area contributed by atoms with Crippen LogP contribution in [0.25, 0.3) is 0 Å². The number of esters is 1. The van der Waals surface area contributed by atoms with Crippen LogP contribution in [0.1, 0.15) is 48.9 Å². The van der Waals surface area contributed by atoms with E-state index >= 15 is 0 Å². The average Bonchev–Trinajstić information content (AvgIpc) is 2.54. The lowest BCUT2D eigenvalue weighted by molar-refractivity contribution is 0.0602.